The summed E-state index contributed by atoms with van der Waals surface area (Å²) >= 11 is 0. The smallest absolute Gasteiger partial charge is 0.255 e. The molecule has 0 spiro atoms. The molecular weight excluding hydrogens is 461 g/mol. The van der Waals surface area contributed by atoms with Crippen LogP contribution < -0.4 is 10.6 Å². The lowest BCUT2D eigenvalue weighted by molar-refractivity contribution is -0.126. The third kappa shape index (κ3) is 5.22. The zero-order chi connectivity index (χ0) is 25.2. The zero-order valence-electron chi connectivity index (χ0n) is 21.2. The monoisotopic (exact) mass is 499 g/mol. The Morgan fingerprint density at radius 1 is 1.19 bits per heavy atom. The molecule has 0 bridgehead atoms. The van der Waals surface area contributed by atoms with Gasteiger partial charge in [0.25, 0.3) is 5.91 Å². The van der Waals surface area contributed by atoms with Crippen LogP contribution in [0.4, 0.5) is 4.39 Å². The highest BCUT2D eigenvalue weighted by Gasteiger charge is 2.40. The standard InChI is InChI=1S/C28H38FN3O4/c1-17-5-12-24(27(33)30-17)32-15-22-21(28(32)34)11-8-19(26(22)29)14-25-23(4-3-13-36-25)31-20-9-6-18(7-10-20)16-35-2/h8,11,18,20,23-25,31H,1,3-7,9-10,12-16H2,2H3,(H,30,33)/t18?,20?,23-,24?,25+/m0/s1. The van der Waals surface area contributed by atoms with E-state index in [9.17, 15) is 9.59 Å². The first-order valence-electron chi connectivity index (χ1n) is 13.4. The maximum absolute atomic E-state index is 15.7. The van der Waals surface area contributed by atoms with Gasteiger partial charge in [0.1, 0.15) is 11.9 Å². The fourth-order valence-corrected chi connectivity index (χ4v) is 6.37. The van der Waals surface area contributed by atoms with E-state index in [1.807, 2.05) is 0 Å². The molecule has 1 aliphatic carbocycles. The molecule has 2 amide bonds. The summed E-state index contributed by atoms with van der Waals surface area (Å²) in [6.07, 6.45) is 8.10. The summed E-state index contributed by atoms with van der Waals surface area (Å²) in [7, 11) is 1.77. The Balaban J connectivity index is 1.25. The highest BCUT2D eigenvalue weighted by atomic mass is 19.1. The summed E-state index contributed by atoms with van der Waals surface area (Å²) in [6.45, 7) is 5.44. The molecule has 7 nitrogen and oxygen atoms in total. The van der Waals surface area contributed by atoms with Crippen LogP contribution in [-0.4, -0.2) is 61.3 Å². The van der Waals surface area contributed by atoms with Crippen LogP contribution in [0.2, 0.25) is 0 Å². The molecule has 0 aromatic heterocycles. The molecular formula is C28H38FN3O4. The van der Waals surface area contributed by atoms with E-state index >= 15 is 4.39 Å². The first-order valence-corrected chi connectivity index (χ1v) is 13.4. The van der Waals surface area contributed by atoms with Crippen LogP contribution in [0.15, 0.2) is 24.4 Å². The molecule has 3 heterocycles. The van der Waals surface area contributed by atoms with Crippen molar-refractivity contribution in [3.8, 4) is 0 Å². The number of nitrogens with zero attached hydrogens (tertiary/aromatic N) is 1. The largest absolute Gasteiger partial charge is 0.384 e. The summed E-state index contributed by atoms with van der Waals surface area (Å²) in [5.41, 5.74) is 1.99. The molecule has 5 rings (SSSR count). The van der Waals surface area contributed by atoms with Crippen LogP contribution in [0.1, 0.15) is 72.9 Å². The molecule has 3 atom stereocenters. The zero-order valence-corrected chi connectivity index (χ0v) is 21.2. The number of allylic oxidation sites excluding steroid dienone is 1. The second-order valence-corrected chi connectivity index (χ2v) is 10.8. The molecule has 8 heteroatoms. The van der Waals surface area contributed by atoms with Gasteiger partial charge in [-0.2, -0.15) is 0 Å². The second kappa shape index (κ2) is 11.0. The number of fused-ring (bicyclic) bond motifs is 1. The number of nitrogens with one attached hydrogen (secondary N) is 2. The lowest BCUT2D eigenvalue weighted by atomic mass is 9.85. The van der Waals surface area contributed by atoms with Gasteiger partial charge in [-0.25, -0.2) is 4.39 Å². The molecule has 3 fully saturated rings. The van der Waals surface area contributed by atoms with Crippen LogP contribution in [0.5, 0.6) is 0 Å². The summed E-state index contributed by atoms with van der Waals surface area (Å²) in [5, 5.41) is 6.56. The van der Waals surface area contributed by atoms with Gasteiger partial charge in [0.2, 0.25) is 5.91 Å². The molecule has 4 aliphatic rings. The van der Waals surface area contributed by atoms with Crippen LogP contribution in [0.25, 0.3) is 0 Å². The van der Waals surface area contributed by atoms with Crippen molar-refractivity contribution in [2.24, 2.45) is 5.92 Å². The van der Waals surface area contributed by atoms with Crippen molar-refractivity contribution >= 4 is 11.8 Å². The van der Waals surface area contributed by atoms with E-state index in [1.54, 1.807) is 19.2 Å². The van der Waals surface area contributed by atoms with Gasteiger partial charge in [-0.3, -0.25) is 9.59 Å². The lowest BCUT2D eigenvalue weighted by Gasteiger charge is -2.37. The predicted molar refractivity (Wildman–Crippen MR) is 134 cm³/mol. The molecule has 1 aromatic carbocycles. The van der Waals surface area contributed by atoms with Crippen LogP contribution in [-0.2, 0) is 27.2 Å². The van der Waals surface area contributed by atoms with Gasteiger partial charge in [-0.15, -0.1) is 0 Å². The van der Waals surface area contributed by atoms with Gasteiger partial charge in [0, 0.05) is 55.7 Å². The van der Waals surface area contributed by atoms with Gasteiger partial charge in [-0.05, 0) is 68.9 Å². The van der Waals surface area contributed by atoms with E-state index in [4.69, 9.17) is 9.47 Å². The first-order chi connectivity index (χ1) is 17.4. The van der Waals surface area contributed by atoms with Crippen molar-refractivity contribution in [3.63, 3.8) is 0 Å². The summed E-state index contributed by atoms with van der Waals surface area (Å²) in [5.74, 6) is -0.209. The minimum atomic E-state index is -0.590. The summed E-state index contributed by atoms with van der Waals surface area (Å²) in [4.78, 5) is 27.0. The summed E-state index contributed by atoms with van der Waals surface area (Å²) < 4.78 is 27.2. The van der Waals surface area contributed by atoms with Crippen LogP contribution in [0.3, 0.4) is 0 Å². The Labute approximate surface area is 212 Å². The van der Waals surface area contributed by atoms with Crippen molar-refractivity contribution in [2.45, 2.75) is 88.6 Å². The first kappa shape index (κ1) is 25.4. The minimum Gasteiger partial charge on any atom is -0.384 e. The van der Waals surface area contributed by atoms with Gasteiger partial charge in [0.15, 0.2) is 0 Å². The topological polar surface area (TPSA) is 79.9 Å². The Hall–Kier alpha value is -2.29. The molecule has 2 N–H and O–H groups in total. The molecule has 1 unspecified atom stereocenters. The molecule has 1 saturated carbocycles. The SMILES string of the molecule is C=C1CCC(N2Cc3c(ccc(C[C@H]4OCCC[C@@H]4NC4CCC(COC)CC4)c3F)C2=O)C(=O)N1. The number of amides is 2. The van der Waals surface area contributed by atoms with Crippen LogP contribution in [0, 0.1) is 11.7 Å². The second-order valence-electron chi connectivity index (χ2n) is 10.8. The van der Waals surface area contributed by atoms with E-state index in [1.165, 1.54) is 17.7 Å². The highest BCUT2D eigenvalue weighted by molar-refractivity contribution is 6.01. The normalized spacial score (nSPS) is 30.9. The van der Waals surface area contributed by atoms with Gasteiger partial charge in [0.05, 0.1) is 12.6 Å². The Morgan fingerprint density at radius 2 is 2.00 bits per heavy atom. The fraction of sp³-hybridized carbons (Fsp3) is 0.643. The van der Waals surface area contributed by atoms with Crippen molar-refractivity contribution in [3.05, 3.63) is 46.9 Å². The third-order valence-electron chi connectivity index (χ3n) is 8.40. The van der Waals surface area contributed by atoms with Crippen molar-refractivity contribution in [1.82, 2.24) is 15.5 Å². The van der Waals surface area contributed by atoms with Gasteiger partial charge >= 0.3 is 0 Å². The number of carbonyl (C=O) groups is 2. The number of piperidine rings is 1. The maximum Gasteiger partial charge on any atom is 0.255 e. The van der Waals surface area contributed by atoms with Crippen molar-refractivity contribution in [1.29, 1.82) is 0 Å². The van der Waals surface area contributed by atoms with E-state index in [0.717, 1.165) is 32.3 Å². The number of hydrogen-bond acceptors (Lipinski definition) is 5. The average molecular weight is 500 g/mol. The Morgan fingerprint density at radius 3 is 2.75 bits per heavy atom. The summed E-state index contributed by atoms with van der Waals surface area (Å²) in [6, 6.07) is 3.50. The molecule has 2 saturated heterocycles. The van der Waals surface area contributed by atoms with E-state index in [2.05, 4.69) is 17.2 Å². The number of ether oxygens (including phenoxy) is 2. The molecule has 36 heavy (non-hydrogen) atoms. The van der Waals surface area contributed by atoms with Crippen molar-refractivity contribution < 1.29 is 23.5 Å². The Kier molecular flexibility index (Phi) is 7.74. The molecule has 1 aromatic rings. The number of halogens is 1. The average Bonchev–Trinajstić information content (AvgIpc) is 3.20. The quantitative estimate of drug-likeness (QED) is 0.601. The number of hydrogen-bond donors (Lipinski definition) is 2. The van der Waals surface area contributed by atoms with Gasteiger partial charge in [-0.1, -0.05) is 12.6 Å². The lowest BCUT2D eigenvalue weighted by Crippen LogP contribution is -2.50. The number of rotatable bonds is 7. The number of benzene rings is 1. The van der Waals surface area contributed by atoms with Crippen molar-refractivity contribution in [2.75, 3.05) is 20.3 Å². The third-order valence-corrected chi connectivity index (χ3v) is 8.40. The number of methoxy groups -OCH3 is 1. The highest BCUT2D eigenvalue weighted by Crippen LogP contribution is 2.33. The predicted octanol–water partition coefficient (Wildman–Crippen LogP) is 3.46. The number of carbonyl (C=O) groups excluding carboxylic acids is 2. The van der Waals surface area contributed by atoms with E-state index in [0.29, 0.717) is 60.2 Å². The van der Waals surface area contributed by atoms with E-state index in [-0.39, 0.29) is 36.3 Å². The molecule has 0 radical (unpaired) electrons. The van der Waals surface area contributed by atoms with E-state index < -0.39 is 6.04 Å². The van der Waals surface area contributed by atoms with Gasteiger partial charge < -0.3 is 25.0 Å². The fourth-order valence-electron chi connectivity index (χ4n) is 6.37. The molecule has 3 aliphatic heterocycles. The minimum absolute atomic E-state index is 0.105. The maximum atomic E-state index is 15.7. The van der Waals surface area contributed by atoms with Crippen LogP contribution >= 0.6 is 0 Å². The molecule has 196 valence electrons. The Bertz CT molecular complexity index is 1010.